The van der Waals surface area contributed by atoms with E-state index in [-0.39, 0.29) is 17.4 Å². The van der Waals surface area contributed by atoms with Crippen LogP contribution in [0.4, 0.5) is 0 Å². The lowest BCUT2D eigenvalue weighted by Crippen LogP contribution is -2.42. The van der Waals surface area contributed by atoms with Crippen LogP contribution in [0, 0.1) is 0 Å². The van der Waals surface area contributed by atoms with Crippen LogP contribution in [0.15, 0.2) is 78.9 Å². The number of carbonyl (C=O) groups excluding carboxylic acids is 2. The molecule has 3 aromatic rings. The van der Waals surface area contributed by atoms with Crippen molar-refractivity contribution in [1.82, 2.24) is 14.9 Å². The first-order chi connectivity index (χ1) is 19.2. The Morgan fingerprint density at radius 3 is 2.17 bits per heavy atom. The summed E-state index contributed by atoms with van der Waals surface area (Å²) < 4.78 is 28.8. The maximum atomic E-state index is 13.6. The summed E-state index contributed by atoms with van der Waals surface area (Å²) in [4.78, 5) is 27.2. The minimum Gasteiger partial charge on any atom is -0.352 e. The molecular weight excluding hydrogens is 522 g/mol. The van der Waals surface area contributed by atoms with E-state index in [9.17, 15) is 18.0 Å². The number of nitrogens with one attached hydrogen (secondary N) is 2. The van der Waals surface area contributed by atoms with Gasteiger partial charge >= 0.3 is 0 Å². The molecule has 40 heavy (non-hydrogen) atoms. The third-order valence-corrected chi connectivity index (χ3v) is 8.48. The Morgan fingerprint density at radius 2 is 1.52 bits per heavy atom. The Bertz CT molecular complexity index is 1340. The number of hydrogen-bond donors (Lipinski definition) is 2. The fourth-order valence-corrected chi connectivity index (χ4v) is 5.97. The number of sulfonamides is 1. The summed E-state index contributed by atoms with van der Waals surface area (Å²) >= 11 is 0. The zero-order chi connectivity index (χ0) is 29.0. The molecule has 0 spiro atoms. The number of benzene rings is 3. The van der Waals surface area contributed by atoms with Crippen LogP contribution in [-0.2, 0) is 27.8 Å². The highest BCUT2D eigenvalue weighted by atomic mass is 32.2. The molecule has 0 saturated carbocycles. The Hall–Kier alpha value is -3.33. The number of hydrogen-bond acceptors (Lipinski definition) is 5. The fraction of sp³-hybridized carbons (Fsp3) is 0.375. The largest absolute Gasteiger partial charge is 0.352 e. The molecule has 8 heteroatoms. The van der Waals surface area contributed by atoms with Gasteiger partial charge in [0.05, 0.1) is 11.8 Å². The molecule has 7 nitrogen and oxygen atoms in total. The minimum atomic E-state index is -3.65. The highest BCUT2D eigenvalue weighted by Crippen LogP contribution is 2.25. The maximum Gasteiger partial charge on any atom is 0.217 e. The number of ketones is 1. The topological polar surface area (TPSA) is 95.6 Å². The van der Waals surface area contributed by atoms with Crippen molar-refractivity contribution < 1.29 is 18.0 Å². The van der Waals surface area contributed by atoms with Crippen LogP contribution < -0.4 is 10.0 Å². The lowest BCUT2D eigenvalue weighted by atomic mass is 9.95. The Kier molecular flexibility index (Phi) is 12.1. The molecule has 0 aliphatic carbocycles. The van der Waals surface area contributed by atoms with Crippen molar-refractivity contribution in [2.45, 2.75) is 52.6 Å². The fourth-order valence-electron chi connectivity index (χ4n) is 4.68. The average molecular weight is 564 g/mol. The van der Waals surface area contributed by atoms with E-state index >= 15 is 0 Å². The van der Waals surface area contributed by atoms with Gasteiger partial charge in [0.15, 0.2) is 5.78 Å². The summed E-state index contributed by atoms with van der Waals surface area (Å²) in [7, 11) is -3.65. The molecule has 214 valence electrons. The lowest BCUT2D eigenvalue weighted by Gasteiger charge is -2.20. The van der Waals surface area contributed by atoms with E-state index in [1.54, 1.807) is 12.1 Å². The van der Waals surface area contributed by atoms with Crippen LogP contribution in [0.3, 0.4) is 0 Å². The number of amides is 1. The molecule has 0 unspecified atom stereocenters. The second kappa shape index (κ2) is 15.5. The SMILES string of the molecule is CCN(CC)CCCS(=O)(=O)N[C@H](CCc1ccccc1)C(=O)c1ccc(-c2ccccc2CNC(C)=O)cc1. The number of nitrogens with zero attached hydrogens (tertiary/aromatic N) is 1. The second-order valence-corrected chi connectivity index (χ2v) is 11.8. The van der Waals surface area contributed by atoms with E-state index in [1.807, 2.05) is 66.7 Å². The monoisotopic (exact) mass is 563 g/mol. The summed E-state index contributed by atoms with van der Waals surface area (Å²) in [5.41, 5.74) is 4.34. The summed E-state index contributed by atoms with van der Waals surface area (Å²) in [5.74, 6) is -0.378. The van der Waals surface area contributed by atoms with Crippen molar-refractivity contribution in [3.05, 3.63) is 95.6 Å². The van der Waals surface area contributed by atoms with E-state index in [4.69, 9.17) is 0 Å². The van der Waals surface area contributed by atoms with E-state index < -0.39 is 16.1 Å². The Labute approximate surface area is 239 Å². The smallest absolute Gasteiger partial charge is 0.217 e. The first-order valence-electron chi connectivity index (χ1n) is 14.0. The first-order valence-corrected chi connectivity index (χ1v) is 15.6. The molecule has 1 atom stereocenters. The zero-order valence-electron chi connectivity index (χ0n) is 23.7. The lowest BCUT2D eigenvalue weighted by molar-refractivity contribution is -0.119. The molecule has 3 aromatic carbocycles. The molecule has 0 fully saturated rings. The molecule has 0 radical (unpaired) electrons. The van der Waals surface area contributed by atoms with E-state index in [1.165, 1.54) is 6.92 Å². The number of carbonyl (C=O) groups is 2. The third-order valence-electron chi connectivity index (χ3n) is 7.01. The predicted molar refractivity (Wildman–Crippen MR) is 162 cm³/mol. The normalized spacial score (nSPS) is 12.3. The van der Waals surface area contributed by atoms with Gasteiger partial charge in [-0.2, -0.15) is 0 Å². The van der Waals surface area contributed by atoms with E-state index in [2.05, 4.69) is 28.8 Å². The quantitative estimate of drug-likeness (QED) is 0.244. The molecule has 0 aliphatic heterocycles. The van der Waals surface area contributed by atoms with Crippen molar-refractivity contribution in [3.8, 4) is 11.1 Å². The maximum absolute atomic E-state index is 13.6. The zero-order valence-corrected chi connectivity index (χ0v) is 24.5. The van der Waals surface area contributed by atoms with Crippen LogP contribution >= 0.6 is 0 Å². The van der Waals surface area contributed by atoms with Crippen molar-refractivity contribution >= 4 is 21.7 Å². The summed E-state index contributed by atoms with van der Waals surface area (Å²) in [5, 5.41) is 2.83. The predicted octanol–water partition coefficient (Wildman–Crippen LogP) is 4.83. The van der Waals surface area contributed by atoms with Gasteiger partial charge < -0.3 is 10.2 Å². The summed E-state index contributed by atoms with van der Waals surface area (Å²) in [6.45, 7) is 8.44. The van der Waals surface area contributed by atoms with Crippen LogP contribution in [0.5, 0.6) is 0 Å². The van der Waals surface area contributed by atoms with E-state index in [0.29, 0.717) is 37.9 Å². The van der Waals surface area contributed by atoms with Gasteiger partial charge in [0.25, 0.3) is 0 Å². The summed E-state index contributed by atoms with van der Waals surface area (Å²) in [6, 6.07) is 23.9. The van der Waals surface area contributed by atoms with Gasteiger partial charge in [-0.3, -0.25) is 9.59 Å². The van der Waals surface area contributed by atoms with Gasteiger partial charge in [-0.25, -0.2) is 13.1 Å². The number of Topliss-reactive ketones (excluding diaryl/α,β-unsaturated/α-hetero) is 1. The van der Waals surface area contributed by atoms with Gasteiger partial charge in [-0.1, -0.05) is 92.7 Å². The van der Waals surface area contributed by atoms with Crippen LogP contribution in [0.2, 0.25) is 0 Å². The van der Waals surface area contributed by atoms with Crippen molar-refractivity contribution in [3.63, 3.8) is 0 Å². The first kappa shape index (κ1) is 31.2. The molecule has 0 aliphatic rings. The van der Waals surface area contributed by atoms with Gasteiger partial charge in [0.1, 0.15) is 0 Å². The Morgan fingerprint density at radius 1 is 0.875 bits per heavy atom. The average Bonchev–Trinajstić information content (AvgIpc) is 2.97. The molecule has 0 heterocycles. The van der Waals surface area contributed by atoms with Crippen molar-refractivity contribution in [2.24, 2.45) is 0 Å². The molecule has 1 amide bonds. The van der Waals surface area contributed by atoms with Gasteiger partial charge in [-0.05, 0) is 61.2 Å². The minimum absolute atomic E-state index is 0.0252. The molecule has 2 N–H and O–H groups in total. The van der Waals surface area contributed by atoms with E-state index in [0.717, 1.165) is 35.3 Å². The van der Waals surface area contributed by atoms with Gasteiger partial charge in [0.2, 0.25) is 15.9 Å². The highest BCUT2D eigenvalue weighted by Gasteiger charge is 2.25. The molecule has 3 rings (SSSR count). The van der Waals surface area contributed by atoms with Crippen LogP contribution in [0.1, 0.15) is 55.1 Å². The Balaban J connectivity index is 1.78. The van der Waals surface area contributed by atoms with Crippen LogP contribution in [0.25, 0.3) is 11.1 Å². The summed E-state index contributed by atoms with van der Waals surface area (Å²) in [6.07, 6.45) is 1.44. The van der Waals surface area contributed by atoms with Crippen molar-refractivity contribution in [2.75, 3.05) is 25.4 Å². The number of rotatable bonds is 16. The van der Waals surface area contributed by atoms with Gasteiger partial charge in [-0.15, -0.1) is 0 Å². The molecular formula is C32H41N3O4S. The standard InChI is InChI=1S/C32H41N3O4S/c1-4-35(5-2)22-11-23-40(38,39)34-31(21-16-26-12-7-6-8-13-26)32(37)28-19-17-27(18-20-28)30-15-10-9-14-29(30)24-33-25(3)36/h6-10,12-15,17-20,31,34H,4-5,11,16,21-24H2,1-3H3,(H,33,36)/t31-/m1/s1. The molecule has 0 saturated heterocycles. The number of aryl methyl sites for hydroxylation is 1. The van der Waals surface area contributed by atoms with Gasteiger partial charge in [0, 0.05) is 19.0 Å². The third kappa shape index (κ3) is 9.70. The highest BCUT2D eigenvalue weighted by molar-refractivity contribution is 7.89. The van der Waals surface area contributed by atoms with Crippen LogP contribution in [-0.4, -0.2) is 56.4 Å². The molecule has 0 bridgehead atoms. The molecule has 0 aromatic heterocycles. The van der Waals surface area contributed by atoms with Crippen molar-refractivity contribution in [1.29, 1.82) is 0 Å². The second-order valence-electron chi connectivity index (χ2n) is 9.90.